The zero-order valence-electron chi connectivity index (χ0n) is 11.3. The van der Waals surface area contributed by atoms with Crippen LogP contribution in [0.4, 0.5) is 17.6 Å². The SMILES string of the molecule is CC.CC.CCCC(F)(F)C(F)(F)CCC. The molecule has 0 amide bonds. The molecule has 0 saturated heterocycles. The van der Waals surface area contributed by atoms with Crippen molar-refractivity contribution in [3.8, 4) is 0 Å². The van der Waals surface area contributed by atoms with Crippen LogP contribution in [-0.2, 0) is 0 Å². The third-order valence-electron chi connectivity index (χ3n) is 1.66. The van der Waals surface area contributed by atoms with Gasteiger partial charge in [0.2, 0.25) is 0 Å². The van der Waals surface area contributed by atoms with Crippen LogP contribution in [0.1, 0.15) is 67.2 Å². The molecule has 0 aliphatic rings. The van der Waals surface area contributed by atoms with Crippen molar-refractivity contribution in [3.05, 3.63) is 0 Å². The fourth-order valence-corrected chi connectivity index (χ4v) is 0.994. The van der Waals surface area contributed by atoms with Crippen molar-refractivity contribution in [3.63, 3.8) is 0 Å². The lowest BCUT2D eigenvalue weighted by Crippen LogP contribution is -2.40. The van der Waals surface area contributed by atoms with Crippen molar-refractivity contribution < 1.29 is 17.6 Å². The molecule has 4 heteroatoms. The van der Waals surface area contributed by atoms with Gasteiger partial charge in [-0.1, -0.05) is 54.4 Å². The summed E-state index contributed by atoms with van der Waals surface area (Å²) in [6, 6.07) is 0. The Hall–Kier alpha value is -0.280. The lowest BCUT2D eigenvalue weighted by molar-refractivity contribution is -0.215. The minimum absolute atomic E-state index is 0.0757. The fraction of sp³-hybridized carbons (Fsp3) is 1.00. The summed E-state index contributed by atoms with van der Waals surface area (Å²) < 4.78 is 50.6. The summed E-state index contributed by atoms with van der Waals surface area (Å²) in [6.07, 6.45) is -1.32. The van der Waals surface area contributed by atoms with Gasteiger partial charge in [-0.15, -0.1) is 0 Å². The Morgan fingerprint density at radius 1 is 0.625 bits per heavy atom. The third kappa shape index (κ3) is 7.94. The Bertz CT molecular complexity index is 117. The predicted octanol–water partition coefficient (Wildman–Crippen LogP) is 5.91. The van der Waals surface area contributed by atoms with Crippen LogP contribution < -0.4 is 0 Å². The monoisotopic (exact) mass is 246 g/mol. The van der Waals surface area contributed by atoms with Crippen LogP contribution in [0.25, 0.3) is 0 Å². The summed E-state index contributed by atoms with van der Waals surface area (Å²) in [7, 11) is 0. The van der Waals surface area contributed by atoms with Crippen LogP contribution in [0.3, 0.4) is 0 Å². The molecular weight excluding hydrogens is 220 g/mol. The fourth-order valence-electron chi connectivity index (χ4n) is 0.994. The van der Waals surface area contributed by atoms with Gasteiger partial charge in [0.05, 0.1) is 0 Å². The third-order valence-corrected chi connectivity index (χ3v) is 1.66. The number of alkyl halides is 4. The van der Waals surface area contributed by atoms with Gasteiger partial charge in [-0.3, -0.25) is 0 Å². The largest absolute Gasteiger partial charge is 0.310 e. The zero-order chi connectivity index (χ0) is 13.8. The molecule has 0 nitrogen and oxygen atoms in total. The van der Waals surface area contributed by atoms with E-state index < -0.39 is 24.7 Å². The molecule has 0 fully saturated rings. The van der Waals surface area contributed by atoms with Crippen molar-refractivity contribution in [1.29, 1.82) is 0 Å². The zero-order valence-corrected chi connectivity index (χ0v) is 11.3. The highest BCUT2D eigenvalue weighted by atomic mass is 19.3. The van der Waals surface area contributed by atoms with Gasteiger partial charge in [0.1, 0.15) is 0 Å². The molecule has 0 heterocycles. The smallest absolute Gasteiger partial charge is 0.200 e. The van der Waals surface area contributed by atoms with Gasteiger partial charge in [0, 0.05) is 12.8 Å². The molecule has 16 heavy (non-hydrogen) atoms. The van der Waals surface area contributed by atoms with E-state index in [2.05, 4.69) is 0 Å². The molecule has 0 bridgehead atoms. The molecular formula is C12H26F4. The van der Waals surface area contributed by atoms with Crippen molar-refractivity contribution in [2.75, 3.05) is 0 Å². The van der Waals surface area contributed by atoms with E-state index in [-0.39, 0.29) is 12.8 Å². The second-order valence-corrected chi connectivity index (χ2v) is 2.91. The number of hydrogen-bond acceptors (Lipinski definition) is 0. The van der Waals surface area contributed by atoms with Crippen molar-refractivity contribution in [2.45, 2.75) is 79.1 Å². The quantitative estimate of drug-likeness (QED) is 0.529. The normalized spacial score (nSPS) is 10.9. The maximum absolute atomic E-state index is 12.6. The van der Waals surface area contributed by atoms with E-state index in [1.807, 2.05) is 27.7 Å². The Morgan fingerprint density at radius 2 is 0.812 bits per heavy atom. The first-order valence-electron chi connectivity index (χ1n) is 6.13. The summed E-state index contributed by atoms with van der Waals surface area (Å²) >= 11 is 0. The van der Waals surface area contributed by atoms with E-state index in [0.29, 0.717) is 0 Å². The average molecular weight is 246 g/mol. The molecule has 0 radical (unpaired) electrons. The van der Waals surface area contributed by atoms with Gasteiger partial charge in [-0.05, 0) is 0 Å². The Morgan fingerprint density at radius 3 is 0.938 bits per heavy atom. The highest BCUT2D eigenvalue weighted by Gasteiger charge is 2.53. The van der Waals surface area contributed by atoms with Crippen molar-refractivity contribution in [1.82, 2.24) is 0 Å². The van der Waals surface area contributed by atoms with Crippen LogP contribution in [0.2, 0.25) is 0 Å². The molecule has 0 atom stereocenters. The number of rotatable bonds is 5. The molecule has 0 aliphatic carbocycles. The topological polar surface area (TPSA) is 0 Å². The lowest BCUT2D eigenvalue weighted by Gasteiger charge is -2.25. The van der Waals surface area contributed by atoms with Gasteiger partial charge >= 0.3 is 11.8 Å². The highest BCUT2D eigenvalue weighted by molar-refractivity contribution is 4.83. The first kappa shape index (κ1) is 21.1. The summed E-state index contributed by atoms with van der Waals surface area (Å²) in [5.41, 5.74) is 0. The average Bonchev–Trinajstić information content (AvgIpc) is 2.23. The van der Waals surface area contributed by atoms with E-state index in [1.165, 1.54) is 13.8 Å². The molecule has 0 N–H and O–H groups in total. The molecule has 0 unspecified atom stereocenters. The maximum Gasteiger partial charge on any atom is 0.310 e. The first-order valence-corrected chi connectivity index (χ1v) is 6.13. The van der Waals surface area contributed by atoms with Gasteiger partial charge in [-0.2, -0.15) is 17.6 Å². The predicted molar refractivity (Wildman–Crippen MR) is 62.4 cm³/mol. The summed E-state index contributed by atoms with van der Waals surface area (Å²) in [4.78, 5) is 0. The molecule has 0 saturated carbocycles. The Labute approximate surface area is 97.4 Å². The van der Waals surface area contributed by atoms with Crippen LogP contribution in [0.5, 0.6) is 0 Å². The van der Waals surface area contributed by atoms with Gasteiger partial charge in [0.15, 0.2) is 0 Å². The second-order valence-electron chi connectivity index (χ2n) is 2.91. The molecule has 102 valence electrons. The van der Waals surface area contributed by atoms with E-state index in [0.717, 1.165) is 0 Å². The van der Waals surface area contributed by atoms with Crippen LogP contribution in [0, 0.1) is 0 Å². The van der Waals surface area contributed by atoms with Crippen molar-refractivity contribution >= 4 is 0 Å². The molecule has 0 rings (SSSR count). The van der Waals surface area contributed by atoms with Crippen molar-refractivity contribution in [2.24, 2.45) is 0 Å². The molecule has 0 aromatic rings. The summed E-state index contributed by atoms with van der Waals surface area (Å²) in [5, 5.41) is 0. The minimum atomic E-state index is -3.84. The molecule has 0 aliphatic heterocycles. The Balaban J connectivity index is -0.000000376. The van der Waals surface area contributed by atoms with Gasteiger partial charge < -0.3 is 0 Å². The summed E-state index contributed by atoms with van der Waals surface area (Å²) in [6.45, 7) is 10.9. The van der Waals surface area contributed by atoms with Crippen LogP contribution in [-0.4, -0.2) is 11.8 Å². The van der Waals surface area contributed by atoms with E-state index >= 15 is 0 Å². The van der Waals surface area contributed by atoms with E-state index in [1.54, 1.807) is 0 Å². The molecule has 0 spiro atoms. The molecule has 0 aromatic heterocycles. The minimum Gasteiger partial charge on any atom is -0.200 e. The first-order chi connectivity index (χ1) is 7.37. The van der Waals surface area contributed by atoms with Gasteiger partial charge in [0.25, 0.3) is 0 Å². The highest BCUT2D eigenvalue weighted by Crippen LogP contribution is 2.40. The van der Waals surface area contributed by atoms with E-state index in [9.17, 15) is 17.6 Å². The lowest BCUT2D eigenvalue weighted by atomic mass is 10.0. The van der Waals surface area contributed by atoms with E-state index in [4.69, 9.17) is 0 Å². The second kappa shape index (κ2) is 11.2. The van der Waals surface area contributed by atoms with Gasteiger partial charge in [-0.25, -0.2) is 0 Å². The maximum atomic E-state index is 12.6. The number of halogens is 4. The molecule has 0 aromatic carbocycles. The Kier molecular flexibility index (Phi) is 14.8. The van der Waals surface area contributed by atoms with Crippen LogP contribution in [0.15, 0.2) is 0 Å². The van der Waals surface area contributed by atoms with Crippen LogP contribution >= 0.6 is 0 Å². The summed E-state index contributed by atoms with van der Waals surface area (Å²) in [5.74, 6) is -7.67. The number of hydrogen-bond donors (Lipinski definition) is 0. The standard InChI is InChI=1S/C8H14F4.2C2H6/c1-3-5-7(9,10)8(11,12)6-4-2;2*1-2/h3-6H2,1-2H3;2*1-2H3.